The lowest BCUT2D eigenvalue weighted by Crippen LogP contribution is -2.34. The van der Waals surface area contributed by atoms with Crippen molar-refractivity contribution in [3.05, 3.63) is 29.3 Å². The van der Waals surface area contributed by atoms with Crippen molar-refractivity contribution in [3.63, 3.8) is 0 Å². The van der Waals surface area contributed by atoms with Crippen LogP contribution < -0.4 is 5.32 Å². The molecule has 2 N–H and O–H groups in total. The van der Waals surface area contributed by atoms with Crippen molar-refractivity contribution in [2.24, 2.45) is 0 Å². The normalized spacial score (nSPS) is 11.7. The highest BCUT2D eigenvalue weighted by atomic mass is 35.5. The lowest BCUT2D eigenvalue weighted by atomic mass is 10.1. The molecule has 0 spiro atoms. The second-order valence-electron chi connectivity index (χ2n) is 3.70. The van der Waals surface area contributed by atoms with Gasteiger partial charge in [0.15, 0.2) is 0 Å². The molecule has 1 unspecified atom stereocenters. The summed E-state index contributed by atoms with van der Waals surface area (Å²) in [7, 11) is 1.23. The Balaban J connectivity index is 2.60. The quantitative estimate of drug-likeness (QED) is 0.638. The molecule has 0 bridgehead atoms. The average molecular weight is 272 g/mol. The summed E-state index contributed by atoms with van der Waals surface area (Å²) >= 11 is 5.69. The van der Waals surface area contributed by atoms with Gasteiger partial charge in [0.2, 0.25) is 0 Å². The second kappa shape index (κ2) is 6.26. The number of aryl methyl sites for hydroxylation is 1. The molecule has 1 rings (SSSR count). The molecule has 0 aliphatic carbocycles. The number of amides is 1. The number of phenols is 1. The van der Waals surface area contributed by atoms with E-state index < -0.39 is 11.3 Å². The highest BCUT2D eigenvalue weighted by Crippen LogP contribution is 2.16. The number of nitrogens with one attached hydrogen (secondary N) is 1. The van der Waals surface area contributed by atoms with E-state index in [0.717, 1.165) is 0 Å². The maximum Gasteiger partial charge on any atom is 0.325 e. The number of benzene rings is 1. The highest BCUT2D eigenvalue weighted by Gasteiger charge is 2.17. The molecule has 1 aromatic rings. The molecule has 1 atom stereocenters. The standard InChI is InChI=1S/C12H14ClNO4/c1-7-5-8(3-4-10(7)15)11(16)14-6-9(13)12(17)18-2/h3-5,9,15H,6H2,1-2H3,(H,14,16). The first kappa shape index (κ1) is 14.3. The molecule has 0 aromatic heterocycles. The first-order chi connectivity index (χ1) is 8.45. The van der Waals surface area contributed by atoms with Gasteiger partial charge in [0, 0.05) is 12.1 Å². The predicted molar refractivity (Wildman–Crippen MR) is 66.8 cm³/mol. The first-order valence-electron chi connectivity index (χ1n) is 5.25. The Bertz CT molecular complexity index is 461. The summed E-state index contributed by atoms with van der Waals surface area (Å²) in [6, 6.07) is 4.47. The number of rotatable bonds is 4. The van der Waals surface area contributed by atoms with Crippen LogP contribution in [-0.2, 0) is 9.53 Å². The molecule has 0 saturated heterocycles. The third kappa shape index (κ3) is 3.63. The minimum Gasteiger partial charge on any atom is -0.508 e. The van der Waals surface area contributed by atoms with Gasteiger partial charge in [-0.25, -0.2) is 0 Å². The molecule has 1 amide bonds. The van der Waals surface area contributed by atoms with Crippen LogP contribution in [0.1, 0.15) is 15.9 Å². The van der Waals surface area contributed by atoms with E-state index >= 15 is 0 Å². The van der Waals surface area contributed by atoms with Crippen LogP contribution in [0.5, 0.6) is 5.75 Å². The number of carbonyl (C=O) groups excluding carboxylic acids is 2. The fourth-order valence-electron chi connectivity index (χ4n) is 1.29. The zero-order valence-electron chi connectivity index (χ0n) is 10.1. The molecule has 1 aromatic carbocycles. The summed E-state index contributed by atoms with van der Waals surface area (Å²) in [5.41, 5.74) is 0.983. The number of phenolic OH excluding ortho intramolecular Hbond substituents is 1. The van der Waals surface area contributed by atoms with Crippen LogP contribution >= 0.6 is 11.6 Å². The number of ether oxygens (including phenoxy) is 1. The lowest BCUT2D eigenvalue weighted by Gasteiger charge is -2.09. The van der Waals surface area contributed by atoms with Gasteiger partial charge in [0.1, 0.15) is 11.1 Å². The first-order valence-corrected chi connectivity index (χ1v) is 5.69. The molecule has 0 fully saturated rings. The fraction of sp³-hybridized carbons (Fsp3) is 0.333. The number of esters is 1. The van der Waals surface area contributed by atoms with Crippen LogP contribution in [0.2, 0.25) is 0 Å². The number of aromatic hydroxyl groups is 1. The van der Waals surface area contributed by atoms with Gasteiger partial charge in [-0.05, 0) is 30.7 Å². The molecular weight excluding hydrogens is 258 g/mol. The van der Waals surface area contributed by atoms with Crippen molar-refractivity contribution in [1.29, 1.82) is 0 Å². The van der Waals surface area contributed by atoms with Crippen LogP contribution in [0, 0.1) is 6.92 Å². The van der Waals surface area contributed by atoms with Gasteiger partial charge in [0.25, 0.3) is 5.91 Å². The largest absolute Gasteiger partial charge is 0.508 e. The monoisotopic (exact) mass is 271 g/mol. The van der Waals surface area contributed by atoms with E-state index in [1.54, 1.807) is 13.0 Å². The highest BCUT2D eigenvalue weighted by molar-refractivity contribution is 6.30. The van der Waals surface area contributed by atoms with Crippen molar-refractivity contribution >= 4 is 23.5 Å². The Labute approximate surface area is 110 Å². The summed E-state index contributed by atoms with van der Waals surface area (Å²) in [4.78, 5) is 22.7. The van der Waals surface area contributed by atoms with Crippen LogP contribution in [0.25, 0.3) is 0 Å². The van der Waals surface area contributed by atoms with Gasteiger partial charge < -0.3 is 15.2 Å². The fourth-order valence-corrected chi connectivity index (χ4v) is 1.46. The summed E-state index contributed by atoms with van der Waals surface area (Å²) < 4.78 is 4.43. The number of methoxy groups -OCH3 is 1. The Morgan fingerprint density at radius 3 is 2.72 bits per heavy atom. The van der Waals surface area contributed by atoms with Crippen LogP contribution in [0.4, 0.5) is 0 Å². The van der Waals surface area contributed by atoms with E-state index in [2.05, 4.69) is 10.1 Å². The van der Waals surface area contributed by atoms with Crippen LogP contribution in [0.15, 0.2) is 18.2 Å². The Hall–Kier alpha value is -1.75. The Kier molecular flexibility index (Phi) is 4.97. The van der Waals surface area contributed by atoms with E-state index in [4.69, 9.17) is 11.6 Å². The topological polar surface area (TPSA) is 75.6 Å². The molecule has 5 nitrogen and oxygen atoms in total. The summed E-state index contributed by atoms with van der Waals surface area (Å²) in [5.74, 6) is -0.845. The summed E-state index contributed by atoms with van der Waals surface area (Å²) in [6.07, 6.45) is 0. The van der Waals surface area contributed by atoms with Crippen LogP contribution in [-0.4, -0.2) is 36.0 Å². The summed E-state index contributed by atoms with van der Waals surface area (Å²) in [6.45, 7) is 1.66. The molecule has 98 valence electrons. The number of halogens is 1. The zero-order valence-corrected chi connectivity index (χ0v) is 10.8. The number of hydrogen-bond donors (Lipinski definition) is 2. The van der Waals surface area contributed by atoms with Crippen LogP contribution in [0.3, 0.4) is 0 Å². The van der Waals surface area contributed by atoms with Crippen molar-refractivity contribution < 1.29 is 19.4 Å². The van der Waals surface area contributed by atoms with Gasteiger partial charge in [-0.15, -0.1) is 11.6 Å². The molecule has 0 radical (unpaired) electrons. The van der Waals surface area contributed by atoms with E-state index in [1.807, 2.05) is 0 Å². The maximum absolute atomic E-state index is 11.7. The van der Waals surface area contributed by atoms with Gasteiger partial charge in [-0.2, -0.15) is 0 Å². The molecule has 6 heteroatoms. The minimum absolute atomic E-state index is 0.0208. The molecule has 0 aliphatic heterocycles. The van der Waals surface area contributed by atoms with Gasteiger partial charge in [-0.3, -0.25) is 9.59 Å². The lowest BCUT2D eigenvalue weighted by molar-refractivity contribution is -0.140. The third-order valence-corrected chi connectivity index (χ3v) is 2.69. The van der Waals surface area contributed by atoms with E-state index in [0.29, 0.717) is 11.1 Å². The smallest absolute Gasteiger partial charge is 0.325 e. The van der Waals surface area contributed by atoms with Crippen molar-refractivity contribution in [3.8, 4) is 5.75 Å². The average Bonchev–Trinajstić information content (AvgIpc) is 2.37. The van der Waals surface area contributed by atoms with Crippen molar-refractivity contribution in [2.75, 3.05) is 13.7 Å². The minimum atomic E-state index is -0.919. The maximum atomic E-state index is 11.7. The third-order valence-electron chi connectivity index (χ3n) is 2.36. The van der Waals surface area contributed by atoms with E-state index in [1.165, 1.54) is 19.2 Å². The zero-order chi connectivity index (χ0) is 13.7. The number of hydrogen-bond acceptors (Lipinski definition) is 4. The molecule has 18 heavy (non-hydrogen) atoms. The Morgan fingerprint density at radius 1 is 1.50 bits per heavy atom. The summed E-state index contributed by atoms with van der Waals surface area (Å²) in [5, 5.41) is 10.9. The van der Waals surface area contributed by atoms with E-state index in [-0.39, 0.29) is 18.2 Å². The molecular formula is C12H14ClNO4. The number of alkyl halides is 1. The second-order valence-corrected chi connectivity index (χ2v) is 4.23. The molecule has 0 aliphatic rings. The molecule has 0 saturated carbocycles. The van der Waals surface area contributed by atoms with E-state index in [9.17, 15) is 14.7 Å². The number of carbonyl (C=O) groups is 2. The van der Waals surface area contributed by atoms with Gasteiger partial charge in [0.05, 0.1) is 7.11 Å². The molecule has 0 heterocycles. The Morgan fingerprint density at radius 2 is 2.17 bits per heavy atom. The van der Waals surface area contributed by atoms with Gasteiger partial charge in [-0.1, -0.05) is 0 Å². The van der Waals surface area contributed by atoms with Crippen molar-refractivity contribution in [1.82, 2.24) is 5.32 Å². The van der Waals surface area contributed by atoms with Crippen molar-refractivity contribution in [2.45, 2.75) is 12.3 Å². The van der Waals surface area contributed by atoms with Gasteiger partial charge >= 0.3 is 5.97 Å². The SMILES string of the molecule is COC(=O)C(Cl)CNC(=O)c1ccc(O)c(C)c1. The predicted octanol–water partition coefficient (Wildman–Crippen LogP) is 1.21.